The molecule has 3 aromatic rings. The number of fused-ring (bicyclic) bond motifs is 2. The predicted octanol–water partition coefficient (Wildman–Crippen LogP) is 3.28. The largest absolute Gasteiger partial charge is 0.486 e. The van der Waals surface area contributed by atoms with Crippen molar-refractivity contribution in [3.05, 3.63) is 53.5 Å². The number of nitrogens with zero attached hydrogens (tertiary/aromatic N) is 2. The number of carbonyl (C=O) groups is 1. The van der Waals surface area contributed by atoms with Crippen LogP contribution in [0.25, 0.3) is 10.2 Å². The molecule has 1 aliphatic rings. The standard InChI is InChI=1S/C19H19N3O3S/c1-22(11-18-21-14-6-2-5-9-17(14)26-18)19(23)20-10-13-12-24-15-7-3-4-8-16(15)25-13/h2-9,13H,10-12H2,1H3,(H,20,23)/t13-/m1/s1. The highest BCUT2D eigenvalue weighted by Gasteiger charge is 2.22. The van der Waals surface area contributed by atoms with Gasteiger partial charge in [-0.2, -0.15) is 0 Å². The van der Waals surface area contributed by atoms with Gasteiger partial charge in [0.25, 0.3) is 0 Å². The molecular formula is C19H19N3O3S. The van der Waals surface area contributed by atoms with Gasteiger partial charge < -0.3 is 19.7 Å². The topological polar surface area (TPSA) is 63.7 Å². The number of benzene rings is 2. The first-order valence-electron chi connectivity index (χ1n) is 8.41. The van der Waals surface area contributed by atoms with E-state index in [2.05, 4.69) is 10.3 Å². The van der Waals surface area contributed by atoms with Crippen molar-refractivity contribution in [2.45, 2.75) is 12.6 Å². The highest BCUT2D eigenvalue weighted by molar-refractivity contribution is 7.18. The molecule has 0 bridgehead atoms. The van der Waals surface area contributed by atoms with Gasteiger partial charge >= 0.3 is 6.03 Å². The Morgan fingerprint density at radius 2 is 2.00 bits per heavy atom. The van der Waals surface area contributed by atoms with Gasteiger partial charge in [0.15, 0.2) is 17.6 Å². The number of para-hydroxylation sites is 3. The molecule has 0 aliphatic carbocycles. The van der Waals surface area contributed by atoms with Crippen molar-refractivity contribution in [2.24, 2.45) is 0 Å². The number of aromatic nitrogens is 1. The molecule has 1 aliphatic heterocycles. The van der Waals surface area contributed by atoms with Gasteiger partial charge in [-0.15, -0.1) is 11.3 Å². The number of hydrogen-bond acceptors (Lipinski definition) is 5. The van der Waals surface area contributed by atoms with E-state index in [1.165, 1.54) is 0 Å². The van der Waals surface area contributed by atoms with Crippen molar-refractivity contribution in [3.63, 3.8) is 0 Å². The van der Waals surface area contributed by atoms with Crippen molar-refractivity contribution in [3.8, 4) is 11.5 Å². The molecule has 4 rings (SSSR count). The summed E-state index contributed by atoms with van der Waals surface area (Å²) < 4.78 is 12.6. The lowest BCUT2D eigenvalue weighted by Crippen LogP contribution is -2.44. The fourth-order valence-corrected chi connectivity index (χ4v) is 3.78. The van der Waals surface area contributed by atoms with E-state index < -0.39 is 0 Å². The number of hydrogen-bond donors (Lipinski definition) is 1. The zero-order valence-electron chi connectivity index (χ0n) is 14.3. The Labute approximate surface area is 155 Å². The van der Waals surface area contributed by atoms with Crippen LogP contribution in [0.1, 0.15) is 5.01 Å². The van der Waals surface area contributed by atoms with Crippen LogP contribution in [0.15, 0.2) is 48.5 Å². The molecule has 1 atom stereocenters. The summed E-state index contributed by atoms with van der Waals surface area (Å²) in [5.74, 6) is 1.45. The SMILES string of the molecule is CN(Cc1nc2ccccc2s1)C(=O)NC[C@@H]1COc2ccccc2O1. The summed E-state index contributed by atoms with van der Waals surface area (Å²) in [5.41, 5.74) is 0.965. The molecule has 26 heavy (non-hydrogen) atoms. The molecule has 2 aromatic carbocycles. The molecule has 2 heterocycles. The van der Waals surface area contributed by atoms with Crippen LogP contribution in [-0.4, -0.2) is 42.2 Å². The molecule has 0 spiro atoms. The smallest absolute Gasteiger partial charge is 0.317 e. The normalized spacial score (nSPS) is 15.7. The molecule has 0 saturated carbocycles. The third-order valence-corrected chi connectivity index (χ3v) is 5.13. The maximum Gasteiger partial charge on any atom is 0.317 e. The molecule has 2 amide bonds. The van der Waals surface area contributed by atoms with E-state index in [0.29, 0.717) is 25.4 Å². The quantitative estimate of drug-likeness (QED) is 0.767. The van der Waals surface area contributed by atoms with Crippen LogP contribution < -0.4 is 14.8 Å². The van der Waals surface area contributed by atoms with Crippen LogP contribution >= 0.6 is 11.3 Å². The van der Waals surface area contributed by atoms with Crippen LogP contribution in [0.5, 0.6) is 11.5 Å². The highest BCUT2D eigenvalue weighted by Crippen LogP contribution is 2.30. The second-order valence-electron chi connectivity index (χ2n) is 6.12. The number of nitrogens with one attached hydrogen (secondary N) is 1. The van der Waals surface area contributed by atoms with Crippen molar-refractivity contribution in [1.29, 1.82) is 0 Å². The maximum absolute atomic E-state index is 12.3. The van der Waals surface area contributed by atoms with E-state index >= 15 is 0 Å². The monoisotopic (exact) mass is 369 g/mol. The minimum atomic E-state index is -0.204. The van der Waals surface area contributed by atoms with Crippen LogP contribution in [0.3, 0.4) is 0 Å². The Morgan fingerprint density at radius 1 is 1.23 bits per heavy atom. The van der Waals surface area contributed by atoms with Crippen LogP contribution in [0.2, 0.25) is 0 Å². The van der Waals surface area contributed by atoms with Gasteiger partial charge in [0.05, 0.1) is 23.3 Å². The van der Waals surface area contributed by atoms with Gasteiger partial charge in [-0.05, 0) is 24.3 Å². The Hall–Kier alpha value is -2.80. The van der Waals surface area contributed by atoms with Crippen LogP contribution in [-0.2, 0) is 6.54 Å². The maximum atomic E-state index is 12.3. The first kappa shape index (κ1) is 16.7. The second kappa shape index (κ2) is 7.21. The molecule has 0 saturated heterocycles. The third-order valence-electron chi connectivity index (χ3n) is 4.11. The number of carbonyl (C=O) groups excluding carboxylic acids is 1. The summed E-state index contributed by atoms with van der Waals surface area (Å²) in [6, 6.07) is 15.3. The van der Waals surface area contributed by atoms with Crippen molar-refractivity contribution in [2.75, 3.05) is 20.2 Å². The number of rotatable bonds is 4. The molecular weight excluding hydrogens is 350 g/mol. The van der Waals surface area contributed by atoms with Gasteiger partial charge in [-0.1, -0.05) is 24.3 Å². The number of urea groups is 1. The van der Waals surface area contributed by atoms with E-state index in [1.807, 2.05) is 48.5 Å². The minimum Gasteiger partial charge on any atom is -0.486 e. The summed E-state index contributed by atoms with van der Waals surface area (Å²) in [6.07, 6.45) is -0.204. The average Bonchev–Trinajstić information content (AvgIpc) is 3.08. The van der Waals surface area contributed by atoms with Crippen molar-refractivity contribution >= 4 is 27.6 Å². The number of thiazole rings is 1. The fourth-order valence-electron chi connectivity index (χ4n) is 2.76. The van der Waals surface area contributed by atoms with Crippen LogP contribution in [0, 0.1) is 0 Å². The second-order valence-corrected chi connectivity index (χ2v) is 7.23. The van der Waals surface area contributed by atoms with Crippen molar-refractivity contribution < 1.29 is 14.3 Å². The minimum absolute atomic E-state index is 0.160. The number of amides is 2. The summed E-state index contributed by atoms with van der Waals surface area (Å²) in [4.78, 5) is 18.5. The van der Waals surface area contributed by atoms with E-state index in [4.69, 9.17) is 9.47 Å². The van der Waals surface area contributed by atoms with Gasteiger partial charge in [-0.3, -0.25) is 0 Å². The van der Waals surface area contributed by atoms with E-state index in [9.17, 15) is 4.79 Å². The van der Waals surface area contributed by atoms with Crippen LogP contribution in [0.4, 0.5) is 4.79 Å². The summed E-state index contributed by atoms with van der Waals surface area (Å²) in [6.45, 7) is 1.27. The lowest BCUT2D eigenvalue weighted by atomic mass is 10.2. The molecule has 6 nitrogen and oxygen atoms in total. The molecule has 1 aromatic heterocycles. The molecule has 0 fully saturated rings. The lowest BCUT2D eigenvalue weighted by molar-refractivity contribution is 0.0904. The van der Waals surface area contributed by atoms with Gasteiger partial charge in [0, 0.05) is 7.05 Å². The molecule has 0 unspecified atom stereocenters. The first-order chi connectivity index (χ1) is 12.7. The Kier molecular flexibility index (Phi) is 4.62. The van der Waals surface area contributed by atoms with Gasteiger partial charge in [0.1, 0.15) is 11.6 Å². The Morgan fingerprint density at radius 3 is 2.85 bits per heavy atom. The molecule has 1 N–H and O–H groups in total. The van der Waals surface area contributed by atoms with E-state index in [0.717, 1.165) is 21.0 Å². The summed E-state index contributed by atoms with van der Waals surface area (Å²) in [7, 11) is 1.76. The number of ether oxygens (including phenoxy) is 2. The molecule has 7 heteroatoms. The van der Waals surface area contributed by atoms with Gasteiger partial charge in [0.2, 0.25) is 0 Å². The first-order valence-corrected chi connectivity index (χ1v) is 9.22. The zero-order valence-corrected chi connectivity index (χ0v) is 15.2. The van der Waals surface area contributed by atoms with Crippen molar-refractivity contribution in [1.82, 2.24) is 15.2 Å². The Balaban J connectivity index is 1.30. The predicted molar refractivity (Wildman–Crippen MR) is 101 cm³/mol. The zero-order chi connectivity index (χ0) is 17.9. The molecule has 134 valence electrons. The molecule has 0 radical (unpaired) electrons. The van der Waals surface area contributed by atoms with E-state index in [-0.39, 0.29) is 12.1 Å². The third kappa shape index (κ3) is 3.57. The van der Waals surface area contributed by atoms with Gasteiger partial charge in [-0.25, -0.2) is 9.78 Å². The highest BCUT2D eigenvalue weighted by atomic mass is 32.1. The summed E-state index contributed by atoms with van der Waals surface area (Å²) in [5, 5.41) is 3.81. The van der Waals surface area contributed by atoms with E-state index in [1.54, 1.807) is 23.3 Å². The lowest BCUT2D eigenvalue weighted by Gasteiger charge is -2.27. The average molecular weight is 369 g/mol. The Bertz CT molecular complexity index is 894. The fraction of sp³-hybridized carbons (Fsp3) is 0.263. The summed E-state index contributed by atoms with van der Waals surface area (Å²) >= 11 is 1.60.